The Morgan fingerprint density at radius 1 is 1.73 bits per heavy atom. The van der Waals surface area contributed by atoms with Crippen LogP contribution in [-0.2, 0) is 0 Å². The van der Waals surface area contributed by atoms with Crippen molar-refractivity contribution in [2.75, 3.05) is 13.6 Å². The number of aliphatic hydroxyl groups is 1. The summed E-state index contributed by atoms with van der Waals surface area (Å²) in [6.07, 6.45) is -0.348. The molecule has 0 spiro atoms. The number of aliphatic hydroxyl groups excluding tert-OH is 1. The Balaban J connectivity index is 2.60. The van der Waals surface area contributed by atoms with Crippen LogP contribution in [0.15, 0.2) is 11.4 Å². The Morgan fingerprint density at radius 2 is 2.45 bits per heavy atom. The summed E-state index contributed by atoms with van der Waals surface area (Å²) in [5.41, 5.74) is 1.22. The second-order valence-corrected chi connectivity index (χ2v) is 3.54. The van der Waals surface area contributed by atoms with Crippen molar-refractivity contribution >= 4 is 11.3 Å². The zero-order valence-corrected chi connectivity index (χ0v) is 7.61. The molecule has 0 aromatic carbocycles. The molecule has 1 atom stereocenters. The molecule has 0 radical (unpaired) electrons. The van der Waals surface area contributed by atoms with Crippen LogP contribution in [0, 0.1) is 6.92 Å². The average molecular weight is 171 g/mol. The maximum Gasteiger partial charge on any atom is 0.101 e. The SMILES string of the molecule is CNCC(O)c1cc(C)cs1. The lowest BCUT2D eigenvalue weighted by molar-refractivity contribution is 0.181. The van der Waals surface area contributed by atoms with E-state index >= 15 is 0 Å². The van der Waals surface area contributed by atoms with Gasteiger partial charge in [-0.05, 0) is 31.0 Å². The fourth-order valence-electron chi connectivity index (χ4n) is 0.922. The molecule has 0 aliphatic heterocycles. The number of hydrogen-bond donors (Lipinski definition) is 2. The Bertz CT molecular complexity index is 222. The molecule has 1 heterocycles. The molecular weight excluding hydrogens is 158 g/mol. The first-order valence-corrected chi connectivity index (χ1v) is 4.49. The van der Waals surface area contributed by atoms with Gasteiger partial charge in [-0.15, -0.1) is 11.3 Å². The molecule has 2 nitrogen and oxygen atoms in total. The van der Waals surface area contributed by atoms with Gasteiger partial charge in [0, 0.05) is 11.4 Å². The van der Waals surface area contributed by atoms with Gasteiger partial charge >= 0.3 is 0 Å². The molecule has 1 aromatic heterocycles. The second kappa shape index (κ2) is 3.85. The Morgan fingerprint density at radius 3 is 2.91 bits per heavy atom. The zero-order valence-electron chi connectivity index (χ0n) is 6.79. The van der Waals surface area contributed by atoms with Crippen LogP contribution in [0.5, 0.6) is 0 Å². The molecule has 0 saturated carbocycles. The van der Waals surface area contributed by atoms with Crippen LogP contribution in [0.3, 0.4) is 0 Å². The number of hydrogen-bond acceptors (Lipinski definition) is 3. The summed E-state index contributed by atoms with van der Waals surface area (Å²) in [6.45, 7) is 2.66. The second-order valence-electron chi connectivity index (χ2n) is 2.60. The lowest BCUT2D eigenvalue weighted by Crippen LogP contribution is -2.15. The van der Waals surface area contributed by atoms with Crippen molar-refractivity contribution in [3.63, 3.8) is 0 Å². The van der Waals surface area contributed by atoms with Crippen molar-refractivity contribution in [3.05, 3.63) is 21.9 Å². The predicted molar refractivity (Wildman–Crippen MR) is 47.9 cm³/mol. The molecular formula is C8H13NOS. The highest BCUT2D eigenvalue weighted by molar-refractivity contribution is 7.10. The van der Waals surface area contributed by atoms with Gasteiger partial charge in [-0.3, -0.25) is 0 Å². The zero-order chi connectivity index (χ0) is 8.27. The molecule has 0 fully saturated rings. The summed E-state index contributed by atoms with van der Waals surface area (Å²) in [6, 6.07) is 2.02. The van der Waals surface area contributed by atoms with Gasteiger partial charge in [0.1, 0.15) is 6.10 Å². The minimum Gasteiger partial charge on any atom is -0.386 e. The Kier molecular flexibility index (Phi) is 3.05. The summed E-state index contributed by atoms with van der Waals surface area (Å²) in [5, 5.41) is 14.5. The topological polar surface area (TPSA) is 32.3 Å². The number of rotatable bonds is 3. The van der Waals surface area contributed by atoms with Crippen molar-refractivity contribution in [1.29, 1.82) is 0 Å². The molecule has 0 saturated heterocycles. The van der Waals surface area contributed by atoms with E-state index < -0.39 is 0 Å². The third kappa shape index (κ3) is 2.29. The van der Waals surface area contributed by atoms with E-state index in [1.165, 1.54) is 5.56 Å². The van der Waals surface area contributed by atoms with Gasteiger partial charge in [-0.1, -0.05) is 0 Å². The first-order chi connectivity index (χ1) is 5.24. The van der Waals surface area contributed by atoms with E-state index in [0.29, 0.717) is 6.54 Å². The van der Waals surface area contributed by atoms with Crippen molar-refractivity contribution in [2.45, 2.75) is 13.0 Å². The Hall–Kier alpha value is -0.380. The molecule has 0 bridgehead atoms. The first-order valence-electron chi connectivity index (χ1n) is 3.61. The summed E-state index contributed by atoms with van der Waals surface area (Å²) >= 11 is 1.61. The van der Waals surface area contributed by atoms with E-state index in [1.54, 1.807) is 11.3 Å². The van der Waals surface area contributed by atoms with Crippen LogP contribution in [0.1, 0.15) is 16.5 Å². The summed E-state index contributed by atoms with van der Waals surface area (Å²) < 4.78 is 0. The number of aryl methyl sites for hydroxylation is 1. The highest BCUT2D eigenvalue weighted by atomic mass is 32.1. The molecule has 0 aliphatic rings. The minimum absolute atomic E-state index is 0.348. The van der Waals surface area contributed by atoms with E-state index in [1.807, 2.05) is 25.4 Å². The van der Waals surface area contributed by atoms with Crippen molar-refractivity contribution in [3.8, 4) is 0 Å². The van der Waals surface area contributed by atoms with Crippen LogP contribution in [0.2, 0.25) is 0 Å². The van der Waals surface area contributed by atoms with Gasteiger partial charge in [0.05, 0.1) is 0 Å². The minimum atomic E-state index is -0.348. The van der Waals surface area contributed by atoms with Crippen LogP contribution < -0.4 is 5.32 Å². The lowest BCUT2D eigenvalue weighted by Gasteiger charge is -2.05. The van der Waals surface area contributed by atoms with Crippen LogP contribution in [0.25, 0.3) is 0 Å². The van der Waals surface area contributed by atoms with Crippen LogP contribution >= 0.6 is 11.3 Å². The molecule has 0 amide bonds. The maximum atomic E-state index is 9.48. The highest BCUT2D eigenvalue weighted by Crippen LogP contribution is 2.20. The first kappa shape index (κ1) is 8.71. The van der Waals surface area contributed by atoms with Crippen molar-refractivity contribution in [2.24, 2.45) is 0 Å². The summed E-state index contributed by atoms with van der Waals surface area (Å²) in [4.78, 5) is 1.04. The third-order valence-corrected chi connectivity index (χ3v) is 2.63. The molecule has 1 aromatic rings. The van der Waals surface area contributed by atoms with Gasteiger partial charge in [-0.2, -0.15) is 0 Å². The predicted octanol–water partition coefficient (Wildman–Crippen LogP) is 1.31. The molecule has 0 aliphatic carbocycles. The normalized spacial score (nSPS) is 13.4. The fourth-order valence-corrected chi connectivity index (χ4v) is 1.81. The van der Waals surface area contributed by atoms with Gasteiger partial charge < -0.3 is 10.4 Å². The van der Waals surface area contributed by atoms with E-state index in [0.717, 1.165) is 4.88 Å². The largest absolute Gasteiger partial charge is 0.386 e. The third-order valence-electron chi connectivity index (χ3n) is 1.48. The maximum absolute atomic E-state index is 9.48. The average Bonchev–Trinajstić information content (AvgIpc) is 2.36. The molecule has 62 valence electrons. The smallest absolute Gasteiger partial charge is 0.101 e. The molecule has 1 rings (SSSR count). The Labute approximate surface area is 70.9 Å². The summed E-state index contributed by atoms with van der Waals surface area (Å²) in [5.74, 6) is 0. The number of nitrogens with one attached hydrogen (secondary N) is 1. The van der Waals surface area contributed by atoms with Gasteiger partial charge in [-0.25, -0.2) is 0 Å². The van der Waals surface area contributed by atoms with Crippen LogP contribution in [0.4, 0.5) is 0 Å². The van der Waals surface area contributed by atoms with E-state index in [-0.39, 0.29) is 6.10 Å². The molecule has 11 heavy (non-hydrogen) atoms. The number of likely N-dealkylation sites (N-methyl/N-ethyl adjacent to an activating group) is 1. The van der Waals surface area contributed by atoms with Gasteiger partial charge in [0.15, 0.2) is 0 Å². The van der Waals surface area contributed by atoms with E-state index in [2.05, 4.69) is 5.32 Å². The van der Waals surface area contributed by atoms with Gasteiger partial charge in [0.2, 0.25) is 0 Å². The van der Waals surface area contributed by atoms with Crippen molar-refractivity contribution in [1.82, 2.24) is 5.32 Å². The molecule has 2 N–H and O–H groups in total. The standard InChI is InChI=1S/C8H13NOS/c1-6-3-8(11-5-6)7(10)4-9-2/h3,5,7,9-10H,4H2,1-2H3. The van der Waals surface area contributed by atoms with Crippen molar-refractivity contribution < 1.29 is 5.11 Å². The van der Waals surface area contributed by atoms with Gasteiger partial charge in [0.25, 0.3) is 0 Å². The molecule has 3 heteroatoms. The van der Waals surface area contributed by atoms with Crippen LogP contribution in [-0.4, -0.2) is 18.7 Å². The monoisotopic (exact) mass is 171 g/mol. The van der Waals surface area contributed by atoms with E-state index in [4.69, 9.17) is 0 Å². The summed E-state index contributed by atoms with van der Waals surface area (Å²) in [7, 11) is 1.84. The number of thiophene rings is 1. The van der Waals surface area contributed by atoms with E-state index in [9.17, 15) is 5.11 Å². The highest BCUT2D eigenvalue weighted by Gasteiger charge is 2.07. The molecule has 1 unspecified atom stereocenters. The fraction of sp³-hybridized carbons (Fsp3) is 0.500. The lowest BCUT2D eigenvalue weighted by atomic mass is 10.2. The quantitative estimate of drug-likeness (QED) is 0.718.